The van der Waals surface area contributed by atoms with Gasteiger partial charge in [-0.2, -0.15) is 0 Å². The number of ketones is 1. The van der Waals surface area contributed by atoms with E-state index >= 15 is 0 Å². The van der Waals surface area contributed by atoms with Gasteiger partial charge in [0, 0.05) is 24.5 Å². The van der Waals surface area contributed by atoms with E-state index in [2.05, 4.69) is 0 Å². The smallest absolute Gasteiger partial charge is 0.163 e. The molecule has 0 aromatic carbocycles. The lowest BCUT2D eigenvalue weighted by Crippen LogP contribution is -2.51. The van der Waals surface area contributed by atoms with E-state index in [1.165, 1.54) is 18.9 Å². The molecule has 3 rings (SSSR count). The quantitative estimate of drug-likeness (QED) is 0.404. The molecule has 2 saturated carbocycles. The summed E-state index contributed by atoms with van der Waals surface area (Å²) in [6.45, 7) is 0.250. The van der Waals surface area contributed by atoms with E-state index in [1.807, 2.05) is 12.2 Å². The van der Waals surface area contributed by atoms with Crippen LogP contribution >= 0.6 is 0 Å². The summed E-state index contributed by atoms with van der Waals surface area (Å²) in [7, 11) is 0. The van der Waals surface area contributed by atoms with Crippen LogP contribution in [0.4, 0.5) is 0 Å². The molecule has 0 amide bonds. The number of allylic oxidation sites excluding steroid dienone is 2. The molecule has 3 N–H and O–H groups in total. The van der Waals surface area contributed by atoms with E-state index in [0.29, 0.717) is 18.3 Å². The Labute approximate surface area is 157 Å². The van der Waals surface area contributed by atoms with Gasteiger partial charge in [0.25, 0.3) is 0 Å². The molecule has 3 unspecified atom stereocenters. The number of aliphatic hydroxyl groups is 3. The zero-order valence-corrected chi connectivity index (χ0v) is 15.8. The maximum atomic E-state index is 12.2. The van der Waals surface area contributed by atoms with Gasteiger partial charge in [-0.3, -0.25) is 4.79 Å². The Balaban J connectivity index is 1.46. The molecule has 2 fully saturated rings. The largest absolute Gasteiger partial charge is 0.512 e. The van der Waals surface area contributed by atoms with Gasteiger partial charge in [0.1, 0.15) is 5.76 Å². The van der Waals surface area contributed by atoms with Crippen LogP contribution in [-0.4, -0.2) is 33.3 Å². The molecule has 0 aromatic rings. The summed E-state index contributed by atoms with van der Waals surface area (Å²) in [6, 6.07) is 0. The Morgan fingerprint density at radius 1 is 1.15 bits per heavy atom. The van der Waals surface area contributed by atoms with E-state index < -0.39 is 5.60 Å². The van der Waals surface area contributed by atoms with Crippen molar-refractivity contribution in [3.8, 4) is 0 Å². The molecule has 0 saturated heterocycles. The SMILES string of the molecule is O=C1C=C(O)[C@H](/C=C/CC2(O)CC3CCCC32)[C@H]1CCCCCCCO. The molecule has 4 heteroatoms. The van der Waals surface area contributed by atoms with Gasteiger partial charge in [0.15, 0.2) is 5.78 Å². The molecule has 3 aliphatic carbocycles. The molecule has 146 valence electrons. The Kier molecular flexibility index (Phi) is 6.57. The van der Waals surface area contributed by atoms with E-state index in [4.69, 9.17) is 5.11 Å². The molecule has 0 bridgehead atoms. The number of aliphatic hydroxyl groups excluding tert-OH is 2. The molecular formula is C22H34O4. The number of hydrogen-bond acceptors (Lipinski definition) is 4. The molecule has 4 nitrogen and oxygen atoms in total. The van der Waals surface area contributed by atoms with Gasteiger partial charge in [-0.1, -0.05) is 44.3 Å². The van der Waals surface area contributed by atoms with Crippen molar-refractivity contribution in [1.29, 1.82) is 0 Å². The van der Waals surface area contributed by atoms with Crippen LogP contribution in [0.2, 0.25) is 0 Å². The fourth-order valence-electron chi connectivity index (χ4n) is 5.38. The van der Waals surface area contributed by atoms with Gasteiger partial charge in [-0.25, -0.2) is 0 Å². The minimum atomic E-state index is -0.554. The first-order valence-corrected chi connectivity index (χ1v) is 10.5. The van der Waals surface area contributed by atoms with E-state index in [1.54, 1.807) is 0 Å². The molecule has 0 radical (unpaired) electrons. The summed E-state index contributed by atoms with van der Waals surface area (Å²) in [5.41, 5.74) is -0.554. The fraction of sp³-hybridized carbons (Fsp3) is 0.773. The van der Waals surface area contributed by atoms with Crippen LogP contribution in [0.5, 0.6) is 0 Å². The topological polar surface area (TPSA) is 77.8 Å². The van der Waals surface area contributed by atoms with Crippen molar-refractivity contribution in [1.82, 2.24) is 0 Å². The number of rotatable bonds is 10. The second-order valence-electron chi connectivity index (χ2n) is 8.62. The molecular weight excluding hydrogens is 328 g/mol. The standard InChI is InChI=1S/C22H34O4/c23-13-5-3-1-2-4-9-17-18(21(25)14-20(17)24)10-7-12-22(26)15-16-8-6-11-19(16)22/h7,10,14,16-19,23,25-26H,1-6,8-9,11-13,15H2/b10-7+/t16?,17-,18-,19?,22?/m1/s1. The molecule has 26 heavy (non-hydrogen) atoms. The highest BCUT2D eigenvalue weighted by molar-refractivity contribution is 5.95. The lowest BCUT2D eigenvalue weighted by molar-refractivity contribution is -0.122. The Morgan fingerprint density at radius 3 is 2.69 bits per heavy atom. The number of fused-ring (bicyclic) bond motifs is 1. The van der Waals surface area contributed by atoms with Crippen LogP contribution in [-0.2, 0) is 4.79 Å². The minimum absolute atomic E-state index is 0.0331. The third kappa shape index (κ3) is 4.23. The fourth-order valence-corrected chi connectivity index (χ4v) is 5.38. The second kappa shape index (κ2) is 8.71. The summed E-state index contributed by atoms with van der Waals surface area (Å²) >= 11 is 0. The van der Waals surface area contributed by atoms with E-state index in [-0.39, 0.29) is 30.0 Å². The van der Waals surface area contributed by atoms with Crippen LogP contribution in [0.3, 0.4) is 0 Å². The van der Waals surface area contributed by atoms with E-state index in [9.17, 15) is 15.0 Å². The van der Waals surface area contributed by atoms with Gasteiger partial charge in [-0.05, 0) is 50.4 Å². The van der Waals surface area contributed by atoms with Gasteiger partial charge in [-0.15, -0.1) is 0 Å². The molecule has 5 atom stereocenters. The summed E-state index contributed by atoms with van der Waals surface area (Å²) < 4.78 is 0. The predicted molar refractivity (Wildman–Crippen MR) is 102 cm³/mol. The monoisotopic (exact) mass is 362 g/mol. The zero-order chi connectivity index (χ0) is 18.6. The number of carbonyl (C=O) groups excluding carboxylic acids is 1. The Hall–Kier alpha value is -1.13. The summed E-state index contributed by atoms with van der Waals surface area (Å²) in [4.78, 5) is 12.2. The number of carbonyl (C=O) groups is 1. The highest BCUT2D eigenvalue weighted by Crippen LogP contribution is 2.55. The molecule has 0 aromatic heterocycles. The third-order valence-electron chi connectivity index (χ3n) is 6.88. The van der Waals surface area contributed by atoms with Crippen molar-refractivity contribution >= 4 is 5.78 Å². The highest BCUT2D eigenvalue weighted by Gasteiger charge is 2.53. The number of unbranched alkanes of at least 4 members (excludes halogenated alkanes) is 4. The third-order valence-corrected chi connectivity index (χ3v) is 6.88. The summed E-state index contributed by atoms with van der Waals surface area (Å²) in [5.74, 6) is 1.01. The Bertz CT molecular complexity index is 552. The predicted octanol–water partition coefficient (Wildman–Crippen LogP) is 4.07. The van der Waals surface area contributed by atoms with Crippen molar-refractivity contribution in [3.63, 3.8) is 0 Å². The highest BCUT2D eigenvalue weighted by atomic mass is 16.3. The van der Waals surface area contributed by atoms with Crippen LogP contribution < -0.4 is 0 Å². The van der Waals surface area contributed by atoms with Crippen molar-refractivity contribution in [2.24, 2.45) is 23.7 Å². The molecule has 0 heterocycles. The molecule has 0 aliphatic heterocycles. The van der Waals surface area contributed by atoms with E-state index in [0.717, 1.165) is 51.4 Å². The minimum Gasteiger partial charge on any atom is -0.512 e. The first-order valence-electron chi connectivity index (χ1n) is 10.5. The van der Waals surface area contributed by atoms with Gasteiger partial charge in [0.05, 0.1) is 5.60 Å². The van der Waals surface area contributed by atoms with Crippen molar-refractivity contribution < 1.29 is 20.1 Å². The second-order valence-corrected chi connectivity index (χ2v) is 8.62. The normalized spacial score (nSPS) is 36.4. The van der Waals surface area contributed by atoms with Crippen molar-refractivity contribution in [3.05, 3.63) is 24.0 Å². The zero-order valence-electron chi connectivity index (χ0n) is 15.8. The Morgan fingerprint density at radius 2 is 1.92 bits per heavy atom. The van der Waals surface area contributed by atoms with Gasteiger partial charge < -0.3 is 15.3 Å². The maximum absolute atomic E-state index is 12.2. The van der Waals surface area contributed by atoms with Crippen LogP contribution in [0.25, 0.3) is 0 Å². The van der Waals surface area contributed by atoms with Gasteiger partial charge in [0.2, 0.25) is 0 Å². The average Bonchev–Trinajstić information content (AvgIpc) is 3.12. The van der Waals surface area contributed by atoms with Gasteiger partial charge >= 0.3 is 0 Å². The molecule has 0 spiro atoms. The summed E-state index contributed by atoms with van der Waals surface area (Å²) in [5, 5.41) is 29.7. The maximum Gasteiger partial charge on any atom is 0.163 e. The lowest BCUT2D eigenvalue weighted by Gasteiger charge is -2.48. The first kappa shape index (κ1) is 19.6. The first-order chi connectivity index (χ1) is 12.5. The summed E-state index contributed by atoms with van der Waals surface area (Å²) in [6.07, 6.45) is 16.3. The van der Waals surface area contributed by atoms with Crippen LogP contribution in [0.15, 0.2) is 24.0 Å². The van der Waals surface area contributed by atoms with Crippen molar-refractivity contribution in [2.45, 2.75) is 76.2 Å². The van der Waals surface area contributed by atoms with Crippen LogP contribution in [0.1, 0.15) is 70.6 Å². The molecule has 3 aliphatic rings. The lowest BCUT2D eigenvalue weighted by atomic mass is 9.61. The van der Waals surface area contributed by atoms with Crippen LogP contribution in [0, 0.1) is 23.7 Å². The average molecular weight is 363 g/mol. The number of hydrogen-bond donors (Lipinski definition) is 3. The van der Waals surface area contributed by atoms with Crippen molar-refractivity contribution in [2.75, 3.05) is 6.61 Å².